The van der Waals surface area contributed by atoms with Crippen LogP contribution in [0, 0.1) is 0 Å². The third-order valence-electron chi connectivity index (χ3n) is 2.83. The van der Waals surface area contributed by atoms with Crippen LogP contribution in [0.2, 0.25) is 5.02 Å². The Kier molecular flexibility index (Phi) is 4.55. The van der Waals surface area contributed by atoms with Gasteiger partial charge >= 0.3 is 0 Å². The zero-order valence-corrected chi connectivity index (χ0v) is 11.1. The van der Waals surface area contributed by atoms with Crippen LogP contribution < -0.4 is 14.2 Å². The summed E-state index contributed by atoms with van der Waals surface area (Å²) < 4.78 is 16.7. The predicted molar refractivity (Wildman–Crippen MR) is 69.0 cm³/mol. The van der Waals surface area contributed by atoms with Crippen molar-refractivity contribution >= 4 is 11.6 Å². The number of aliphatic hydroxyl groups is 1. The molecule has 0 bridgehead atoms. The fourth-order valence-corrected chi connectivity index (χ4v) is 2.32. The van der Waals surface area contributed by atoms with Crippen molar-refractivity contribution in [1.29, 1.82) is 0 Å². The maximum Gasteiger partial charge on any atom is 0.168 e. The lowest BCUT2D eigenvalue weighted by atomic mass is 10.1. The van der Waals surface area contributed by atoms with Gasteiger partial charge in [0.2, 0.25) is 0 Å². The van der Waals surface area contributed by atoms with E-state index in [0.717, 1.165) is 12.0 Å². The molecule has 18 heavy (non-hydrogen) atoms. The SMILES string of the molecule is COc1c(Cl)cc2c(c1CCCO)OCCCO2. The average Bonchev–Trinajstić information content (AvgIpc) is 2.60. The number of halogens is 1. The Labute approximate surface area is 111 Å². The minimum Gasteiger partial charge on any atom is -0.495 e. The van der Waals surface area contributed by atoms with Crippen molar-refractivity contribution in [2.45, 2.75) is 19.3 Å². The average molecular weight is 273 g/mol. The number of methoxy groups -OCH3 is 1. The quantitative estimate of drug-likeness (QED) is 0.915. The van der Waals surface area contributed by atoms with Crippen molar-refractivity contribution in [2.24, 2.45) is 0 Å². The molecule has 100 valence electrons. The van der Waals surface area contributed by atoms with Crippen LogP contribution in [-0.4, -0.2) is 32.0 Å². The van der Waals surface area contributed by atoms with Gasteiger partial charge in [-0.3, -0.25) is 0 Å². The van der Waals surface area contributed by atoms with Gasteiger partial charge in [0.15, 0.2) is 11.5 Å². The van der Waals surface area contributed by atoms with E-state index >= 15 is 0 Å². The van der Waals surface area contributed by atoms with Crippen molar-refractivity contribution in [1.82, 2.24) is 0 Å². The Morgan fingerprint density at radius 2 is 2.17 bits per heavy atom. The van der Waals surface area contributed by atoms with Gasteiger partial charge in [-0.2, -0.15) is 0 Å². The van der Waals surface area contributed by atoms with E-state index in [9.17, 15) is 0 Å². The summed E-state index contributed by atoms with van der Waals surface area (Å²) in [4.78, 5) is 0. The molecule has 0 aliphatic carbocycles. The van der Waals surface area contributed by atoms with E-state index in [1.807, 2.05) is 0 Å². The monoisotopic (exact) mass is 272 g/mol. The van der Waals surface area contributed by atoms with Crippen molar-refractivity contribution in [2.75, 3.05) is 26.9 Å². The third-order valence-corrected chi connectivity index (χ3v) is 3.11. The molecule has 0 radical (unpaired) electrons. The van der Waals surface area contributed by atoms with E-state index in [2.05, 4.69) is 0 Å². The molecule has 0 saturated carbocycles. The minimum absolute atomic E-state index is 0.116. The Hall–Kier alpha value is -1.13. The first kappa shape index (κ1) is 13.3. The van der Waals surface area contributed by atoms with Crippen LogP contribution in [-0.2, 0) is 6.42 Å². The highest BCUT2D eigenvalue weighted by Crippen LogP contribution is 2.44. The fourth-order valence-electron chi connectivity index (χ4n) is 2.03. The number of benzene rings is 1. The van der Waals surface area contributed by atoms with E-state index in [4.69, 9.17) is 30.9 Å². The van der Waals surface area contributed by atoms with Gasteiger partial charge in [0.1, 0.15) is 5.75 Å². The zero-order valence-electron chi connectivity index (χ0n) is 10.4. The Morgan fingerprint density at radius 1 is 1.39 bits per heavy atom. The molecule has 0 atom stereocenters. The van der Waals surface area contributed by atoms with E-state index in [1.165, 1.54) is 0 Å². The van der Waals surface area contributed by atoms with Crippen LogP contribution in [0.25, 0.3) is 0 Å². The molecule has 5 heteroatoms. The summed E-state index contributed by atoms with van der Waals surface area (Å²) in [6.07, 6.45) is 2.12. The maximum atomic E-state index is 8.97. The maximum absolute atomic E-state index is 8.97. The smallest absolute Gasteiger partial charge is 0.168 e. The Balaban J connectivity index is 2.46. The van der Waals surface area contributed by atoms with Crippen molar-refractivity contribution < 1.29 is 19.3 Å². The molecular weight excluding hydrogens is 256 g/mol. The van der Waals surface area contributed by atoms with Gasteiger partial charge in [-0.05, 0) is 12.8 Å². The third kappa shape index (κ3) is 2.65. The number of rotatable bonds is 4. The Bertz CT molecular complexity index is 420. The number of aliphatic hydroxyl groups excluding tert-OH is 1. The highest BCUT2D eigenvalue weighted by molar-refractivity contribution is 6.32. The van der Waals surface area contributed by atoms with E-state index in [0.29, 0.717) is 48.3 Å². The lowest BCUT2D eigenvalue weighted by Gasteiger charge is -2.17. The van der Waals surface area contributed by atoms with Gasteiger partial charge in [-0.15, -0.1) is 0 Å². The summed E-state index contributed by atoms with van der Waals surface area (Å²) in [6.45, 7) is 1.35. The summed E-state index contributed by atoms with van der Waals surface area (Å²) in [7, 11) is 1.58. The van der Waals surface area contributed by atoms with Crippen LogP contribution in [0.1, 0.15) is 18.4 Å². The number of hydrogen-bond acceptors (Lipinski definition) is 4. The van der Waals surface area contributed by atoms with E-state index in [-0.39, 0.29) is 6.61 Å². The number of hydrogen-bond donors (Lipinski definition) is 1. The van der Waals surface area contributed by atoms with Crippen LogP contribution >= 0.6 is 11.6 Å². The van der Waals surface area contributed by atoms with Crippen LogP contribution in [0.5, 0.6) is 17.2 Å². The van der Waals surface area contributed by atoms with Gasteiger partial charge in [0.05, 0.1) is 25.3 Å². The van der Waals surface area contributed by atoms with Crippen LogP contribution in [0.15, 0.2) is 6.07 Å². The fraction of sp³-hybridized carbons (Fsp3) is 0.538. The predicted octanol–water partition coefficient (Wildman–Crippen LogP) is 2.43. The van der Waals surface area contributed by atoms with Crippen LogP contribution in [0.4, 0.5) is 0 Å². The molecular formula is C13H17ClO4. The van der Waals surface area contributed by atoms with Gasteiger partial charge in [0, 0.05) is 24.7 Å². The molecule has 1 aliphatic heterocycles. The van der Waals surface area contributed by atoms with E-state index in [1.54, 1.807) is 13.2 Å². The van der Waals surface area contributed by atoms with Crippen molar-refractivity contribution in [3.63, 3.8) is 0 Å². The second-order valence-electron chi connectivity index (χ2n) is 4.08. The highest BCUT2D eigenvalue weighted by atomic mass is 35.5. The molecule has 1 aromatic rings. The first-order valence-corrected chi connectivity index (χ1v) is 6.41. The molecule has 0 amide bonds. The van der Waals surface area contributed by atoms with Gasteiger partial charge in [-0.25, -0.2) is 0 Å². The lowest BCUT2D eigenvalue weighted by molar-refractivity contribution is 0.283. The lowest BCUT2D eigenvalue weighted by Crippen LogP contribution is -2.02. The normalized spacial score (nSPS) is 14.2. The molecule has 0 spiro atoms. The minimum atomic E-state index is 0.116. The standard InChI is InChI=1S/C13H17ClO4/c1-16-12-9(4-2-5-15)13-11(8-10(12)14)17-6-3-7-18-13/h8,15H,2-7H2,1H3. The molecule has 0 saturated heterocycles. The molecule has 4 nitrogen and oxygen atoms in total. The van der Waals surface area contributed by atoms with Gasteiger partial charge < -0.3 is 19.3 Å². The number of fused-ring (bicyclic) bond motifs is 1. The largest absolute Gasteiger partial charge is 0.495 e. The molecule has 1 N–H and O–H groups in total. The highest BCUT2D eigenvalue weighted by Gasteiger charge is 2.21. The summed E-state index contributed by atoms with van der Waals surface area (Å²) >= 11 is 6.18. The molecule has 0 unspecified atom stereocenters. The first-order valence-electron chi connectivity index (χ1n) is 6.03. The number of ether oxygens (including phenoxy) is 3. The van der Waals surface area contributed by atoms with Gasteiger partial charge in [0.25, 0.3) is 0 Å². The van der Waals surface area contributed by atoms with Crippen LogP contribution in [0.3, 0.4) is 0 Å². The van der Waals surface area contributed by atoms with E-state index < -0.39 is 0 Å². The topological polar surface area (TPSA) is 47.9 Å². The van der Waals surface area contributed by atoms with Crippen molar-refractivity contribution in [3.05, 3.63) is 16.7 Å². The molecule has 0 aromatic heterocycles. The Morgan fingerprint density at radius 3 is 2.89 bits per heavy atom. The molecule has 1 aliphatic rings. The summed E-state index contributed by atoms with van der Waals surface area (Å²) in [5.74, 6) is 1.96. The summed E-state index contributed by atoms with van der Waals surface area (Å²) in [5.41, 5.74) is 0.871. The first-order chi connectivity index (χ1) is 8.77. The zero-order chi connectivity index (χ0) is 13.0. The molecule has 1 heterocycles. The molecule has 1 aromatic carbocycles. The summed E-state index contributed by atoms with van der Waals surface area (Å²) in [5, 5.41) is 9.48. The summed E-state index contributed by atoms with van der Waals surface area (Å²) in [6, 6.07) is 1.73. The second-order valence-corrected chi connectivity index (χ2v) is 4.48. The van der Waals surface area contributed by atoms with Gasteiger partial charge in [-0.1, -0.05) is 11.6 Å². The second kappa shape index (κ2) is 6.16. The molecule has 2 rings (SSSR count). The molecule has 0 fully saturated rings. The van der Waals surface area contributed by atoms with Crippen molar-refractivity contribution in [3.8, 4) is 17.2 Å².